The van der Waals surface area contributed by atoms with Crippen LogP contribution in [0.15, 0.2) is 28.8 Å². The highest BCUT2D eigenvalue weighted by Crippen LogP contribution is 2.11. The van der Waals surface area contributed by atoms with Crippen molar-refractivity contribution in [1.82, 2.24) is 15.5 Å². The van der Waals surface area contributed by atoms with E-state index in [-0.39, 0.29) is 12.5 Å². The number of nitrogens with zero attached hydrogens (tertiary/aromatic N) is 2. The van der Waals surface area contributed by atoms with Crippen LogP contribution in [0.2, 0.25) is 0 Å². The highest BCUT2D eigenvalue weighted by Gasteiger charge is 2.06. The minimum absolute atomic E-state index is 0.0684. The number of anilines is 1. The molecule has 2 rings (SSSR count). The van der Waals surface area contributed by atoms with Gasteiger partial charge in [-0.2, -0.15) is 4.98 Å². The summed E-state index contributed by atoms with van der Waals surface area (Å²) in [7, 11) is 0. The summed E-state index contributed by atoms with van der Waals surface area (Å²) in [5, 5.41) is 18.4. The van der Waals surface area contributed by atoms with Gasteiger partial charge < -0.3 is 20.3 Å². The molecular weight excluding hydrogens is 284 g/mol. The number of amides is 1. The zero-order chi connectivity index (χ0) is 15.8. The van der Waals surface area contributed by atoms with Gasteiger partial charge in [-0.05, 0) is 30.7 Å². The van der Waals surface area contributed by atoms with Gasteiger partial charge in [-0.15, -0.1) is 0 Å². The Kier molecular flexibility index (Phi) is 5.91. The van der Waals surface area contributed by atoms with Crippen LogP contribution in [0.25, 0.3) is 0 Å². The average Bonchev–Trinajstić information content (AvgIpc) is 3.01. The first-order chi connectivity index (χ1) is 10.7. The number of carbonyl (C=O) groups excluding carboxylic acids is 1. The molecule has 0 unspecified atom stereocenters. The molecule has 0 saturated carbocycles. The van der Waals surface area contributed by atoms with Crippen molar-refractivity contribution in [2.24, 2.45) is 0 Å². The molecule has 0 saturated heterocycles. The van der Waals surface area contributed by atoms with E-state index in [1.807, 2.05) is 19.1 Å². The van der Waals surface area contributed by atoms with Crippen molar-refractivity contribution < 1.29 is 14.4 Å². The molecule has 3 N–H and O–H groups in total. The number of rotatable bonds is 8. The average molecular weight is 304 g/mol. The normalized spacial score (nSPS) is 10.5. The molecule has 1 aromatic carbocycles. The SMILES string of the molecule is CCc1nc(CNc2ccc(C(=O)NCCCO)cc2)no1. The summed E-state index contributed by atoms with van der Waals surface area (Å²) in [6, 6.07) is 7.12. The van der Waals surface area contributed by atoms with Crippen molar-refractivity contribution in [2.75, 3.05) is 18.5 Å². The predicted octanol–water partition coefficient (Wildman–Crippen LogP) is 1.36. The number of aliphatic hydroxyl groups is 1. The first kappa shape index (κ1) is 16.0. The van der Waals surface area contributed by atoms with Gasteiger partial charge in [-0.3, -0.25) is 4.79 Å². The minimum atomic E-state index is -0.147. The van der Waals surface area contributed by atoms with E-state index in [4.69, 9.17) is 9.63 Å². The number of hydrogen-bond acceptors (Lipinski definition) is 6. The summed E-state index contributed by atoms with van der Waals surface area (Å²) >= 11 is 0. The van der Waals surface area contributed by atoms with Crippen LogP contribution in [-0.2, 0) is 13.0 Å². The van der Waals surface area contributed by atoms with Gasteiger partial charge in [0.2, 0.25) is 5.89 Å². The second kappa shape index (κ2) is 8.14. The molecule has 118 valence electrons. The van der Waals surface area contributed by atoms with Gasteiger partial charge in [-0.25, -0.2) is 0 Å². The Morgan fingerprint density at radius 3 is 2.73 bits per heavy atom. The Hall–Kier alpha value is -2.41. The van der Waals surface area contributed by atoms with Gasteiger partial charge in [0.15, 0.2) is 5.82 Å². The van der Waals surface area contributed by atoms with E-state index in [1.54, 1.807) is 12.1 Å². The van der Waals surface area contributed by atoms with E-state index in [2.05, 4.69) is 20.8 Å². The maximum Gasteiger partial charge on any atom is 0.251 e. The van der Waals surface area contributed by atoms with Crippen molar-refractivity contribution in [3.05, 3.63) is 41.5 Å². The Morgan fingerprint density at radius 1 is 1.32 bits per heavy atom. The third-order valence-corrected chi connectivity index (χ3v) is 3.03. The van der Waals surface area contributed by atoms with Crippen molar-refractivity contribution in [3.8, 4) is 0 Å². The number of carbonyl (C=O) groups is 1. The van der Waals surface area contributed by atoms with Crippen LogP contribution in [0.1, 0.15) is 35.4 Å². The molecule has 0 spiro atoms. The largest absolute Gasteiger partial charge is 0.396 e. The summed E-state index contributed by atoms with van der Waals surface area (Å²) in [5.41, 5.74) is 1.45. The van der Waals surface area contributed by atoms with Crippen LogP contribution in [0.4, 0.5) is 5.69 Å². The molecule has 0 atom stereocenters. The Labute approximate surface area is 128 Å². The first-order valence-electron chi connectivity index (χ1n) is 7.27. The molecule has 2 aromatic rings. The lowest BCUT2D eigenvalue weighted by atomic mass is 10.2. The van der Waals surface area contributed by atoms with Crippen molar-refractivity contribution in [3.63, 3.8) is 0 Å². The summed E-state index contributed by atoms with van der Waals surface area (Å²) < 4.78 is 5.03. The number of aryl methyl sites for hydroxylation is 1. The lowest BCUT2D eigenvalue weighted by Crippen LogP contribution is -2.24. The summed E-state index contributed by atoms with van der Waals surface area (Å²) in [6.07, 6.45) is 1.27. The van der Waals surface area contributed by atoms with Crippen molar-refractivity contribution >= 4 is 11.6 Å². The van der Waals surface area contributed by atoms with Crippen LogP contribution >= 0.6 is 0 Å². The van der Waals surface area contributed by atoms with Gasteiger partial charge in [0.05, 0.1) is 6.54 Å². The molecule has 7 heteroatoms. The molecule has 1 aromatic heterocycles. The molecule has 0 aliphatic heterocycles. The van der Waals surface area contributed by atoms with Crippen molar-refractivity contribution in [2.45, 2.75) is 26.3 Å². The molecule has 0 bridgehead atoms. The molecular formula is C15H20N4O3. The third-order valence-electron chi connectivity index (χ3n) is 3.03. The molecule has 0 aliphatic rings. The van der Waals surface area contributed by atoms with Crippen LogP contribution in [0, 0.1) is 0 Å². The van der Waals surface area contributed by atoms with E-state index >= 15 is 0 Å². The fourth-order valence-corrected chi connectivity index (χ4v) is 1.81. The maximum atomic E-state index is 11.8. The first-order valence-corrected chi connectivity index (χ1v) is 7.27. The third kappa shape index (κ3) is 4.56. The zero-order valence-corrected chi connectivity index (χ0v) is 12.5. The Balaban J connectivity index is 1.84. The lowest BCUT2D eigenvalue weighted by Gasteiger charge is -2.06. The molecule has 0 radical (unpaired) electrons. The van der Waals surface area contributed by atoms with Crippen LogP contribution < -0.4 is 10.6 Å². The molecule has 1 amide bonds. The van der Waals surface area contributed by atoms with Gasteiger partial charge in [0, 0.05) is 30.8 Å². The van der Waals surface area contributed by atoms with Gasteiger partial charge >= 0.3 is 0 Å². The molecule has 7 nitrogen and oxygen atoms in total. The van der Waals surface area contributed by atoms with Crippen molar-refractivity contribution in [1.29, 1.82) is 0 Å². The lowest BCUT2D eigenvalue weighted by molar-refractivity contribution is 0.0951. The van der Waals surface area contributed by atoms with Gasteiger partial charge in [0.25, 0.3) is 5.91 Å². The van der Waals surface area contributed by atoms with Crippen LogP contribution in [0.3, 0.4) is 0 Å². The van der Waals surface area contributed by atoms with Crippen LogP contribution in [-0.4, -0.2) is 34.3 Å². The van der Waals surface area contributed by atoms with E-state index < -0.39 is 0 Å². The number of benzene rings is 1. The summed E-state index contributed by atoms with van der Waals surface area (Å²) in [4.78, 5) is 16.0. The standard InChI is InChI=1S/C15H20N4O3/c1-2-14-18-13(19-22-14)10-17-12-6-4-11(5-7-12)15(21)16-8-3-9-20/h4-7,17,20H,2-3,8-10H2,1H3,(H,16,21). The van der Waals surface area contributed by atoms with E-state index in [9.17, 15) is 4.79 Å². The van der Waals surface area contributed by atoms with Crippen LogP contribution in [0.5, 0.6) is 0 Å². The smallest absolute Gasteiger partial charge is 0.251 e. The Morgan fingerprint density at radius 2 is 2.09 bits per heavy atom. The minimum Gasteiger partial charge on any atom is -0.396 e. The quantitative estimate of drug-likeness (QED) is 0.637. The number of aromatic nitrogens is 2. The molecule has 0 aliphatic carbocycles. The van der Waals surface area contributed by atoms with Gasteiger partial charge in [0.1, 0.15) is 0 Å². The highest BCUT2D eigenvalue weighted by molar-refractivity contribution is 5.94. The number of nitrogens with one attached hydrogen (secondary N) is 2. The Bertz CT molecular complexity index is 595. The predicted molar refractivity (Wildman–Crippen MR) is 81.5 cm³/mol. The van der Waals surface area contributed by atoms with Gasteiger partial charge in [-0.1, -0.05) is 12.1 Å². The number of hydrogen-bond donors (Lipinski definition) is 3. The molecule has 1 heterocycles. The molecule has 0 fully saturated rings. The van der Waals surface area contributed by atoms with E-state index in [1.165, 1.54) is 0 Å². The molecule has 22 heavy (non-hydrogen) atoms. The fourth-order valence-electron chi connectivity index (χ4n) is 1.81. The van der Waals surface area contributed by atoms with E-state index in [0.717, 1.165) is 5.69 Å². The van der Waals surface area contributed by atoms with E-state index in [0.29, 0.717) is 43.2 Å². The summed E-state index contributed by atoms with van der Waals surface area (Å²) in [5.74, 6) is 1.07. The summed E-state index contributed by atoms with van der Waals surface area (Å²) in [6.45, 7) is 2.95. The maximum absolute atomic E-state index is 11.8. The highest BCUT2D eigenvalue weighted by atomic mass is 16.5. The zero-order valence-electron chi connectivity index (χ0n) is 12.5. The second-order valence-electron chi connectivity index (χ2n) is 4.72. The number of aliphatic hydroxyl groups excluding tert-OH is 1. The monoisotopic (exact) mass is 304 g/mol. The second-order valence-corrected chi connectivity index (χ2v) is 4.72. The fraction of sp³-hybridized carbons (Fsp3) is 0.400. The topological polar surface area (TPSA) is 100 Å².